The second kappa shape index (κ2) is 58.3. The zero-order chi connectivity index (χ0) is 97.6. The summed E-state index contributed by atoms with van der Waals surface area (Å²) < 4.78 is 77.6. The topological polar surface area (TPSA) is 340 Å². The summed E-state index contributed by atoms with van der Waals surface area (Å²) in [5.74, 6) is -0.970. The number of halogens is 1. The van der Waals surface area contributed by atoms with Crippen molar-refractivity contribution in [3.05, 3.63) is 243 Å². The Morgan fingerprint density at radius 1 is 0.465 bits per heavy atom. The Morgan fingerprint density at radius 2 is 0.806 bits per heavy atom. The summed E-state index contributed by atoms with van der Waals surface area (Å²) in [6.45, 7) is 41.4. The average molecular weight is 1950 g/mol. The molecule has 0 heterocycles. The first kappa shape index (κ1) is 116. The Balaban J connectivity index is 0.000000501. The fourth-order valence-corrected chi connectivity index (χ4v) is 14.6. The van der Waals surface area contributed by atoms with Crippen molar-refractivity contribution in [2.75, 3.05) is 23.8 Å². The number of ketones is 2. The molecule has 8 atom stereocenters. The van der Waals surface area contributed by atoms with E-state index in [1.807, 2.05) is 110 Å². The first-order valence-electron chi connectivity index (χ1n) is 45.2. The van der Waals surface area contributed by atoms with E-state index in [-0.39, 0.29) is 34.0 Å². The van der Waals surface area contributed by atoms with Crippen LogP contribution in [0.25, 0.3) is 0 Å². The number of anilines is 2. The van der Waals surface area contributed by atoms with E-state index in [4.69, 9.17) is 29.9 Å². The number of phenolic OH excluding ortho intramolecular Hbond substituents is 2. The van der Waals surface area contributed by atoms with Gasteiger partial charge in [0.2, 0.25) is 11.8 Å². The van der Waals surface area contributed by atoms with Crippen LogP contribution < -0.4 is 33.2 Å². The number of ether oxygens (including phenoxy) is 2. The zero-order valence-corrected chi connectivity index (χ0v) is 85.0. The lowest BCUT2D eigenvalue weighted by Crippen LogP contribution is -3.34. The molecule has 0 bridgehead atoms. The third-order valence-electron chi connectivity index (χ3n) is 24.3. The molecule has 0 radical (unpaired) electrons. The Labute approximate surface area is 791 Å². The smallest absolute Gasteiger partial charge is 0.338 e. The van der Waals surface area contributed by atoms with Gasteiger partial charge in [0, 0.05) is 35.0 Å². The minimum atomic E-state index is -4.53. The van der Waals surface area contributed by atoms with Crippen molar-refractivity contribution in [1.29, 1.82) is 0 Å². The van der Waals surface area contributed by atoms with E-state index in [2.05, 4.69) is 187 Å². The lowest BCUT2D eigenvalue weighted by Gasteiger charge is -2.36. The number of esters is 2. The summed E-state index contributed by atoms with van der Waals surface area (Å²) in [4.78, 5) is 71.3. The molecule has 20 nitrogen and oxygen atoms in total. The number of amides is 2. The fourth-order valence-electron chi connectivity index (χ4n) is 13.1. The van der Waals surface area contributed by atoms with Gasteiger partial charge in [-0.2, -0.15) is 0 Å². The summed E-state index contributed by atoms with van der Waals surface area (Å²) in [6.07, 6.45) is 17.1. The molecule has 129 heavy (non-hydrogen) atoms. The average Bonchev–Trinajstić information content (AvgIpc) is 1.67. The lowest BCUT2D eigenvalue weighted by molar-refractivity contribution is -0.328. The molecule has 10 rings (SSSR count). The van der Waals surface area contributed by atoms with Crippen molar-refractivity contribution >= 4 is 79.6 Å². The Kier molecular flexibility index (Phi) is 52.7. The second-order valence-electron chi connectivity index (χ2n) is 35.6. The fraction of sp³-hybridized carbons (Fsp3) is 0.486. The number of nitrogens with one attached hydrogen (secondary N) is 2. The largest absolute Gasteiger partial charge is 0.744 e. The van der Waals surface area contributed by atoms with Gasteiger partial charge in [0.25, 0.3) is 22.6 Å². The minimum absolute atomic E-state index is 0.0197. The standard InChI is InChI=1S/C20H30O2.2C13H17NO6S.C13H24O2.C10H14I.2C10H14O.C10H14.C6H6S/c1-5-15(2)16-11-13-17(14-12-16)19(21)22-20(3,4)18-9-7-6-8-10-18;2*1-8(12(16)7-15)9(2)13(17)14-10-3-5-11(6-4-10)21(18,19)20;1-5-12(3,4)11(14)15-13(6-2)9-7-8-10-13;1-10(2,3)8-4-6-9(11)7-5-8;2*1-3-8(2)9-4-6-10(11)7-5-9;1-3-9(2)10-7-5-4-6-8-10;7-6-4-2-1-3-5-6/h11-15,18H,5-10H2,1-4H3;2*3-6,8-9,15H,7H2,1-2H3,(H,14,17)(H,18,19,20);5-10H2,1-4H3;4-7,11H,1-3H3;2*4-8,11H,3H2,1-2H3;4-9H,3H2,1-2H3;1-5,7H/q;;;;+1;;;;/p-1. The number of aliphatic hydroxyl groups excluding tert-OH is 2. The van der Waals surface area contributed by atoms with E-state index in [0.717, 1.165) is 74.1 Å². The number of aliphatic hydroxyl groups is 2. The predicted octanol–water partition coefficient (Wildman–Crippen LogP) is 19.6. The molecule has 0 spiro atoms. The highest BCUT2D eigenvalue weighted by Gasteiger charge is 2.40. The van der Waals surface area contributed by atoms with Gasteiger partial charge in [0.05, 0.1) is 20.8 Å². The molecular formula is C105H149IN2O18S3. The van der Waals surface area contributed by atoms with E-state index in [0.29, 0.717) is 58.0 Å². The van der Waals surface area contributed by atoms with Gasteiger partial charge >= 0.3 is 11.9 Å². The Hall–Kier alpha value is -8.60. The third kappa shape index (κ3) is 43.5. The van der Waals surface area contributed by atoms with E-state index in [1.165, 1.54) is 121 Å². The molecule has 2 amide bonds. The predicted molar refractivity (Wildman–Crippen MR) is 519 cm³/mol. The first-order chi connectivity index (χ1) is 60.4. The van der Waals surface area contributed by atoms with Crippen molar-refractivity contribution in [3.63, 3.8) is 0 Å². The summed E-state index contributed by atoms with van der Waals surface area (Å²) >= 11 is 5.41. The van der Waals surface area contributed by atoms with Crippen LogP contribution >= 0.6 is 0 Å². The van der Waals surface area contributed by atoms with E-state index in [1.54, 1.807) is 38.1 Å². The van der Waals surface area contributed by atoms with Gasteiger partial charge in [-0.15, -0.1) is 0 Å². The molecule has 2 saturated carbocycles. The van der Waals surface area contributed by atoms with Crippen LogP contribution in [0.15, 0.2) is 221 Å². The van der Waals surface area contributed by atoms with E-state index in [9.17, 15) is 54.7 Å². The minimum Gasteiger partial charge on any atom is -0.744 e. The molecule has 2 fully saturated rings. The quantitative estimate of drug-likeness (QED) is 0.0121. The molecule has 8 aromatic carbocycles. The van der Waals surface area contributed by atoms with Crippen molar-refractivity contribution < 1.29 is 107 Å². The summed E-state index contributed by atoms with van der Waals surface area (Å²) in [5.41, 5.74) is 7.47. The SMILES string of the molecule is CC(C(=O)CO)C(C)C(=O)Nc1ccc(S(=O)(=O)[O-])cc1.CC(C(=O)CO)C(C)C(=O)Nc1ccc(S(=O)(=O)[O-])cc1.CC(C)(C)c1ccc([IH+])cc1.CCC(C)c1ccc(C(=O)OC(C)(C)C2CCCCC2)cc1.CCC(C)c1ccc(O)cc1.CCC(C)c1ccc(O)cc1.CCC(C)c1ccccc1.CCC1(OC(=O)C(C)(C)CC)CCCC1.[SH2+]c1ccccc1. The number of Topliss-reactive ketones (excluding diaryl/α,β-unsaturated/α-hetero) is 2. The maximum atomic E-state index is 12.4. The van der Waals surface area contributed by atoms with Crippen LogP contribution in [-0.2, 0) is 71.7 Å². The van der Waals surface area contributed by atoms with Gasteiger partial charge in [0.15, 0.2) is 15.1 Å². The van der Waals surface area contributed by atoms with Crippen LogP contribution in [0.3, 0.4) is 0 Å². The second-order valence-corrected chi connectivity index (χ2v) is 40.3. The monoisotopic (exact) mass is 1950 g/mol. The molecule has 0 aromatic heterocycles. The summed E-state index contributed by atoms with van der Waals surface area (Å²) in [6, 6.07) is 61.6. The van der Waals surface area contributed by atoms with Crippen molar-refractivity contribution in [3.8, 4) is 11.5 Å². The summed E-state index contributed by atoms with van der Waals surface area (Å²) in [7, 11) is -9.06. The normalized spacial score (nSPS) is 14.8. The number of rotatable bonds is 27. The van der Waals surface area contributed by atoms with Crippen molar-refractivity contribution in [2.24, 2.45) is 35.0 Å². The molecule has 2 aliphatic carbocycles. The van der Waals surface area contributed by atoms with Gasteiger partial charge in [-0.1, -0.05) is 234 Å². The van der Waals surface area contributed by atoms with Crippen LogP contribution in [-0.4, -0.2) is 106 Å². The van der Waals surface area contributed by atoms with Crippen molar-refractivity contribution in [2.45, 2.75) is 297 Å². The number of aromatic hydroxyl groups is 2. The molecule has 6 N–H and O–H groups in total. The van der Waals surface area contributed by atoms with E-state index < -0.39 is 90.3 Å². The molecule has 0 saturated heterocycles. The highest BCUT2D eigenvalue weighted by molar-refractivity contribution is 7.86. The Morgan fingerprint density at radius 3 is 1.11 bits per heavy atom. The maximum Gasteiger partial charge on any atom is 0.338 e. The van der Waals surface area contributed by atoms with Gasteiger partial charge in [-0.25, -0.2) is 21.6 Å². The van der Waals surface area contributed by atoms with Crippen LogP contribution in [0.4, 0.5) is 11.4 Å². The van der Waals surface area contributed by atoms with Crippen LogP contribution in [0.2, 0.25) is 0 Å². The maximum absolute atomic E-state index is 12.4. The third-order valence-corrected chi connectivity index (χ3v) is 27.1. The number of carbonyl (C=O) groups is 6. The molecule has 0 aliphatic heterocycles. The van der Waals surface area contributed by atoms with Crippen LogP contribution in [0.1, 0.15) is 304 Å². The number of carbonyl (C=O) groups excluding carboxylic acids is 6. The number of hydrogen-bond acceptors (Lipinski definition) is 18. The highest BCUT2D eigenvalue weighted by atomic mass is 127. The molecule has 2 aliphatic rings. The molecule has 712 valence electrons. The summed E-state index contributed by atoms with van der Waals surface area (Å²) in [5, 5.41) is 40.6. The van der Waals surface area contributed by atoms with Crippen molar-refractivity contribution in [1.82, 2.24) is 0 Å². The van der Waals surface area contributed by atoms with Crippen LogP contribution in [0, 0.1) is 38.6 Å². The number of benzene rings is 8. The van der Waals surface area contributed by atoms with Gasteiger partial charge in [-0.3, -0.25) is 24.0 Å². The van der Waals surface area contributed by atoms with Crippen LogP contribution in [0.5, 0.6) is 11.5 Å². The van der Waals surface area contributed by atoms with Gasteiger partial charge in [0.1, 0.15) is 61.0 Å². The lowest BCUT2D eigenvalue weighted by atomic mass is 9.79. The highest BCUT2D eigenvalue weighted by Crippen LogP contribution is 2.39. The molecule has 24 heteroatoms. The first-order valence-corrected chi connectivity index (χ1v) is 49.7. The van der Waals surface area contributed by atoms with Gasteiger partial charge in [-0.05, 0) is 289 Å². The molecule has 8 aromatic rings. The zero-order valence-electron chi connectivity index (χ0n) is 80.1. The number of hydrogen-bond donors (Lipinski definition) is 6. The van der Waals surface area contributed by atoms with Gasteiger partial charge < -0.3 is 49.6 Å². The van der Waals surface area contributed by atoms with E-state index >= 15 is 0 Å². The number of phenols is 2. The Bertz CT molecular complexity index is 4640. The molecular weight excluding hydrogens is 1800 g/mol. The molecule has 8 unspecified atom stereocenters.